The Balaban J connectivity index is 1.50. The molecule has 2 aliphatic heterocycles. The van der Waals surface area contributed by atoms with E-state index < -0.39 is 0 Å². The van der Waals surface area contributed by atoms with Gasteiger partial charge in [0.2, 0.25) is 0 Å². The number of benzene rings is 1. The molecule has 0 radical (unpaired) electrons. The van der Waals surface area contributed by atoms with Gasteiger partial charge in [-0.15, -0.1) is 11.3 Å². The van der Waals surface area contributed by atoms with E-state index in [1.807, 2.05) is 26.0 Å². The number of thiazole rings is 1. The van der Waals surface area contributed by atoms with Crippen LogP contribution < -0.4 is 0 Å². The predicted octanol–water partition coefficient (Wildman–Crippen LogP) is 4.46. The highest BCUT2D eigenvalue weighted by Crippen LogP contribution is 2.39. The largest absolute Gasteiger partial charge is 0.381 e. The molecule has 1 aromatic heterocycles. The second-order valence-electron chi connectivity index (χ2n) is 7.67. The van der Waals surface area contributed by atoms with E-state index in [0.29, 0.717) is 0 Å². The molecule has 0 atom stereocenters. The lowest BCUT2D eigenvalue weighted by Gasteiger charge is -2.45. The summed E-state index contributed by atoms with van der Waals surface area (Å²) < 4.78 is 5.54. The lowest BCUT2D eigenvalue weighted by molar-refractivity contribution is -0.0229. The molecule has 2 aromatic rings. The maximum absolute atomic E-state index is 13.0. The number of carbonyl (C=O) groups excluding carboxylic acids is 1. The van der Waals surface area contributed by atoms with E-state index in [-0.39, 0.29) is 11.3 Å². The summed E-state index contributed by atoms with van der Waals surface area (Å²) in [4.78, 5) is 20.8. The Morgan fingerprint density at radius 3 is 2.54 bits per heavy atom. The molecule has 0 saturated carbocycles. The first-order chi connectivity index (χ1) is 12.6. The van der Waals surface area contributed by atoms with Gasteiger partial charge in [0, 0.05) is 31.9 Å². The van der Waals surface area contributed by atoms with E-state index in [4.69, 9.17) is 4.74 Å². The van der Waals surface area contributed by atoms with E-state index >= 15 is 0 Å². The molecule has 3 heterocycles. The van der Waals surface area contributed by atoms with Crippen molar-refractivity contribution in [3.05, 3.63) is 40.5 Å². The molecule has 0 unspecified atom stereocenters. The molecular weight excluding hydrogens is 344 g/mol. The molecule has 138 valence electrons. The predicted molar refractivity (Wildman–Crippen MR) is 105 cm³/mol. The van der Waals surface area contributed by atoms with Crippen molar-refractivity contribution >= 4 is 17.2 Å². The maximum atomic E-state index is 13.0. The highest BCUT2D eigenvalue weighted by molar-refractivity contribution is 7.15. The van der Waals surface area contributed by atoms with Crippen LogP contribution in [0.25, 0.3) is 10.4 Å². The van der Waals surface area contributed by atoms with Crippen molar-refractivity contribution in [1.82, 2.24) is 9.88 Å². The van der Waals surface area contributed by atoms with Gasteiger partial charge in [0.15, 0.2) is 0 Å². The molecular formula is C21H26N2O2S. The third-order valence-electron chi connectivity index (χ3n) is 5.80. The van der Waals surface area contributed by atoms with E-state index in [1.165, 1.54) is 11.3 Å². The number of hydrogen-bond donors (Lipinski definition) is 0. The summed E-state index contributed by atoms with van der Waals surface area (Å²) in [6, 6.07) is 8.05. The number of piperidine rings is 1. The fourth-order valence-corrected chi connectivity index (χ4v) is 5.26. The van der Waals surface area contributed by atoms with Gasteiger partial charge < -0.3 is 9.64 Å². The lowest BCUT2D eigenvalue weighted by Crippen LogP contribution is -2.48. The average molecular weight is 371 g/mol. The molecule has 1 spiro atoms. The summed E-state index contributed by atoms with van der Waals surface area (Å²) in [5, 5.41) is 1.08. The molecule has 0 bridgehead atoms. The molecule has 26 heavy (non-hydrogen) atoms. The normalized spacial score (nSPS) is 19.7. The second kappa shape index (κ2) is 7.12. The number of aromatic nitrogens is 1. The van der Waals surface area contributed by atoms with Gasteiger partial charge in [0.25, 0.3) is 5.91 Å². The third kappa shape index (κ3) is 3.42. The Labute approximate surface area is 159 Å². The standard InChI is InChI=1S/C21H26N2O2S/c1-15-19(26-16(2)22-15)17-4-6-18(7-5-17)20(24)23-11-3-8-21(14-23)9-12-25-13-10-21/h4-7H,3,8-14H2,1-2H3. The van der Waals surface area contributed by atoms with Gasteiger partial charge in [0.05, 0.1) is 15.6 Å². The molecule has 0 aliphatic carbocycles. The van der Waals surface area contributed by atoms with Crippen LogP contribution in [0.1, 0.15) is 46.7 Å². The number of likely N-dealkylation sites (tertiary alicyclic amines) is 1. The monoisotopic (exact) mass is 370 g/mol. The smallest absolute Gasteiger partial charge is 0.253 e. The number of rotatable bonds is 2. The molecule has 2 saturated heterocycles. The lowest BCUT2D eigenvalue weighted by atomic mass is 9.74. The Kier molecular flexibility index (Phi) is 4.84. The fraction of sp³-hybridized carbons (Fsp3) is 0.524. The van der Waals surface area contributed by atoms with Crippen LogP contribution >= 0.6 is 11.3 Å². The van der Waals surface area contributed by atoms with E-state index in [1.54, 1.807) is 11.3 Å². The first kappa shape index (κ1) is 17.7. The summed E-state index contributed by atoms with van der Waals surface area (Å²) >= 11 is 1.71. The van der Waals surface area contributed by atoms with Crippen LogP contribution in [-0.4, -0.2) is 42.1 Å². The van der Waals surface area contributed by atoms with Crippen LogP contribution in [0.15, 0.2) is 24.3 Å². The maximum Gasteiger partial charge on any atom is 0.253 e. The minimum atomic E-state index is 0.166. The highest BCUT2D eigenvalue weighted by Gasteiger charge is 2.38. The molecule has 4 rings (SSSR count). The van der Waals surface area contributed by atoms with Gasteiger partial charge in [0.1, 0.15) is 0 Å². The SMILES string of the molecule is Cc1nc(C)c(-c2ccc(C(=O)N3CCCC4(CCOCC4)C3)cc2)s1. The van der Waals surface area contributed by atoms with E-state index in [2.05, 4.69) is 22.0 Å². The van der Waals surface area contributed by atoms with Crippen molar-refractivity contribution in [2.75, 3.05) is 26.3 Å². The second-order valence-corrected chi connectivity index (χ2v) is 8.87. The van der Waals surface area contributed by atoms with Crippen LogP contribution in [-0.2, 0) is 4.74 Å². The van der Waals surface area contributed by atoms with Crippen molar-refractivity contribution in [3.8, 4) is 10.4 Å². The average Bonchev–Trinajstić information content (AvgIpc) is 3.00. The third-order valence-corrected chi connectivity index (χ3v) is 6.92. The molecule has 0 N–H and O–H groups in total. The van der Waals surface area contributed by atoms with Crippen LogP contribution in [0.5, 0.6) is 0 Å². The summed E-state index contributed by atoms with van der Waals surface area (Å²) in [7, 11) is 0. The van der Waals surface area contributed by atoms with Gasteiger partial charge in [-0.2, -0.15) is 0 Å². The van der Waals surface area contributed by atoms with Crippen LogP contribution in [0.2, 0.25) is 0 Å². The topological polar surface area (TPSA) is 42.4 Å². The van der Waals surface area contributed by atoms with Crippen molar-refractivity contribution in [3.63, 3.8) is 0 Å². The number of amides is 1. The van der Waals surface area contributed by atoms with Crippen molar-refractivity contribution in [2.45, 2.75) is 39.5 Å². The number of hydrogen-bond acceptors (Lipinski definition) is 4. The Bertz CT molecular complexity index is 785. The first-order valence-electron chi connectivity index (χ1n) is 9.48. The Morgan fingerprint density at radius 2 is 1.88 bits per heavy atom. The van der Waals surface area contributed by atoms with Crippen molar-refractivity contribution in [1.29, 1.82) is 0 Å². The number of ether oxygens (including phenoxy) is 1. The van der Waals surface area contributed by atoms with Crippen molar-refractivity contribution in [2.24, 2.45) is 5.41 Å². The molecule has 2 fully saturated rings. The zero-order valence-corrected chi connectivity index (χ0v) is 16.4. The molecule has 2 aliphatic rings. The number of nitrogens with zero attached hydrogens (tertiary/aromatic N) is 2. The molecule has 1 amide bonds. The summed E-state index contributed by atoms with van der Waals surface area (Å²) in [5.74, 6) is 0.166. The van der Waals surface area contributed by atoms with Crippen LogP contribution in [0.3, 0.4) is 0 Å². The van der Waals surface area contributed by atoms with Gasteiger partial charge in [-0.05, 0) is 62.6 Å². The number of aryl methyl sites for hydroxylation is 2. The van der Waals surface area contributed by atoms with E-state index in [9.17, 15) is 4.79 Å². The van der Waals surface area contributed by atoms with Gasteiger partial charge >= 0.3 is 0 Å². The molecule has 5 heteroatoms. The van der Waals surface area contributed by atoms with Crippen LogP contribution in [0.4, 0.5) is 0 Å². The highest BCUT2D eigenvalue weighted by atomic mass is 32.1. The minimum Gasteiger partial charge on any atom is -0.381 e. The van der Waals surface area contributed by atoms with E-state index in [0.717, 1.165) is 67.4 Å². The Hall–Kier alpha value is -1.72. The van der Waals surface area contributed by atoms with Gasteiger partial charge in [-0.25, -0.2) is 4.98 Å². The Morgan fingerprint density at radius 1 is 1.15 bits per heavy atom. The van der Waals surface area contributed by atoms with Gasteiger partial charge in [-0.1, -0.05) is 12.1 Å². The van der Waals surface area contributed by atoms with Crippen molar-refractivity contribution < 1.29 is 9.53 Å². The number of carbonyl (C=O) groups is 1. The fourth-order valence-electron chi connectivity index (χ4n) is 4.34. The summed E-state index contributed by atoms with van der Waals surface area (Å²) in [5.41, 5.74) is 3.27. The van der Waals surface area contributed by atoms with Crippen LogP contribution in [0, 0.1) is 19.3 Å². The molecule has 1 aromatic carbocycles. The summed E-state index contributed by atoms with van der Waals surface area (Å²) in [6.45, 7) is 7.50. The molecule has 4 nitrogen and oxygen atoms in total. The first-order valence-corrected chi connectivity index (χ1v) is 10.3. The van der Waals surface area contributed by atoms with Gasteiger partial charge in [-0.3, -0.25) is 4.79 Å². The zero-order chi connectivity index (χ0) is 18.1. The quantitative estimate of drug-likeness (QED) is 0.784. The zero-order valence-electron chi connectivity index (χ0n) is 15.6. The summed E-state index contributed by atoms with van der Waals surface area (Å²) in [6.07, 6.45) is 4.49. The minimum absolute atomic E-state index is 0.166.